The number of fused-ring (bicyclic) bond motifs is 1. The molecule has 0 saturated carbocycles. The lowest BCUT2D eigenvalue weighted by Crippen LogP contribution is -2.31. The number of pyridine rings is 1. The average molecular weight is 288 g/mol. The van der Waals surface area contributed by atoms with E-state index in [1.54, 1.807) is 17.4 Å². The number of nitrogens with zero attached hydrogens (tertiary/aromatic N) is 1. The standard InChI is InChI=1S/C16H20N2OS/c1-2-17-14-6-3-7-15-13(14)8-9-16(19)18(15)11-12-5-4-10-20-12/h4-5,8-10,14,17H,2-3,6-7,11H2,1H3. The summed E-state index contributed by atoms with van der Waals surface area (Å²) < 4.78 is 1.96. The van der Waals surface area contributed by atoms with Crippen LogP contribution in [-0.4, -0.2) is 11.1 Å². The van der Waals surface area contributed by atoms with Crippen LogP contribution < -0.4 is 10.9 Å². The number of rotatable bonds is 4. The molecule has 2 aromatic heterocycles. The molecule has 2 heterocycles. The number of hydrogen-bond acceptors (Lipinski definition) is 3. The molecule has 106 valence electrons. The second-order valence-electron chi connectivity index (χ2n) is 5.24. The summed E-state index contributed by atoms with van der Waals surface area (Å²) in [5.41, 5.74) is 2.66. The molecule has 0 spiro atoms. The third-order valence-corrected chi connectivity index (χ3v) is 4.82. The smallest absolute Gasteiger partial charge is 0.251 e. The van der Waals surface area contributed by atoms with Crippen LogP contribution in [0.15, 0.2) is 34.4 Å². The number of aromatic nitrogens is 1. The van der Waals surface area contributed by atoms with Crippen LogP contribution in [-0.2, 0) is 13.0 Å². The zero-order valence-corrected chi connectivity index (χ0v) is 12.6. The minimum absolute atomic E-state index is 0.120. The van der Waals surface area contributed by atoms with Gasteiger partial charge in [-0.1, -0.05) is 19.1 Å². The Labute approximate surface area is 123 Å². The topological polar surface area (TPSA) is 34.0 Å². The Bertz CT molecular complexity index is 630. The first-order valence-corrected chi connectivity index (χ1v) is 8.16. The Morgan fingerprint density at radius 3 is 3.05 bits per heavy atom. The summed E-state index contributed by atoms with van der Waals surface area (Å²) in [7, 11) is 0. The Balaban J connectivity index is 2.01. The SMILES string of the molecule is CCNC1CCCc2c1ccc(=O)n2Cc1cccs1. The van der Waals surface area contributed by atoms with E-state index in [9.17, 15) is 4.79 Å². The summed E-state index contributed by atoms with van der Waals surface area (Å²) in [6, 6.07) is 8.29. The average Bonchev–Trinajstić information content (AvgIpc) is 2.96. The van der Waals surface area contributed by atoms with Crippen LogP contribution in [0.5, 0.6) is 0 Å². The Hall–Kier alpha value is -1.39. The van der Waals surface area contributed by atoms with Crippen LogP contribution in [0, 0.1) is 0 Å². The minimum atomic E-state index is 0.120. The first-order valence-electron chi connectivity index (χ1n) is 7.28. The zero-order chi connectivity index (χ0) is 13.9. The van der Waals surface area contributed by atoms with E-state index in [1.165, 1.54) is 16.1 Å². The fraction of sp³-hybridized carbons (Fsp3) is 0.438. The van der Waals surface area contributed by atoms with Crippen molar-refractivity contribution in [1.82, 2.24) is 9.88 Å². The van der Waals surface area contributed by atoms with Crippen LogP contribution in [0.3, 0.4) is 0 Å². The van der Waals surface area contributed by atoms with Crippen molar-refractivity contribution in [2.24, 2.45) is 0 Å². The predicted molar refractivity (Wildman–Crippen MR) is 83.5 cm³/mol. The van der Waals surface area contributed by atoms with Gasteiger partial charge in [-0.2, -0.15) is 0 Å². The Morgan fingerprint density at radius 2 is 2.30 bits per heavy atom. The van der Waals surface area contributed by atoms with Gasteiger partial charge in [0.2, 0.25) is 0 Å². The zero-order valence-electron chi connectivity index (χ0n) is 11.8. The van der Waals surface area contributed by atoms with Crippen LogP contribution >= 0.6 is 11.3 Å². The summed E-state index contributed by atoms with van der Waals surface area (Å²) in [5, 5.41) is 5.60. The van der Waals surface area contributed by atoms with Crippen molar-refractivity contribution >= 4 is 11.3 Å². The van der Waals surface area contributed by atoms with Gasteiger partial charge in [0.1, 0.15) is 0 Å². The lowest BCUT2D eigenvalue weighted by Gasteiger charge is -2.28. The first kappa shape index (κ1) is 13.6. The molecule has 2 aromatic rings. The molecule has 0 aliphatic heterocycles. The van der Waals surface area contributed by atoms with Crippen molar-refractivity contribution in [1.29, 1.82) is 0 Å². The summed E-state index contributed by atoms with van der Waals surface area (Å²) in [6.45, 7) is 3.81. The Morgan fingerprint density at radius 1 is 1.40 bits per heavy atom. The van der Waals surface area contributed by atoms with Gasteiger partial charge >= 0.3 is 0 Å². The highest BCUT2D eigenvalue weighted by Crippen LogP contribution is 2.29. The summed E-state index contributed by atoms with van der Waals surface area (Å²) in [6.07, 6.45) is 3.33. The van der Waals surface area contributed by atoms with Crippen molar-refractivity contribution < 1.29 is 0 Å². The highest BCUT2D eigenvalue weighted by Gasteiger charge is 2.22. The minimum Gasteiger partial charge on any atom is -0.310 e. The second-order valence-corrected chi connectivity index (χ2v) is 6.27. The van der Waals surface area contributed by atoms with Gasteiger partial charge in [0.15, 0.2) is 0 Å². The molecule has 1 aliphatic carbocycles. The molecule has 1 aliphatic rings. The molecule has 0 aromatic carbocycles. The maximum atomic E-state index is 12.2. The van der Waals surface area contributed by atoms with Gasteiger partial charge < -0.3 is 9.88 Å². The summed E-state index contributed by atoms with van der Waals surface area (Å²) in [5.74, 6) is 0. The van der Waals surface area contributed by atoms with E-state index in [-0.39, 0.29) is 5.56 Å². The molecule has 0 amide bonds. The lowest BCUT2D eigenvalue weighted by atomic mass is 9.91. The molecule has 0 bridgehead atoms. The third-order valence-electron chi connectivity index (χ3n) is 3.96. The lowest BCUT2D eigenvalue weighted by molar-refractivity contribution is 0.453. The maximum Gasteiger partial charge on any atom is 0.251 e. The predicted octanol–water partition coefficient (Wildman–Crippen LogP) is 2.95. The molecular weight excluding hydrogens is 268 g/mol. The van der Waals surface area contributed by atoms with E-state index in [1.807, 2.05) is 16.7 Å². The fourth-order valence-electron chi connectivity index (χ4n) is 3.05. The molecular formula is C16H20N2OS. The van der Waals surface area contributed by atoms with Crippen LogP contribution in [0.2, 0.25) is 0 Å². The number of nitrogens with one attached hydrogen (secondary N) is 1. The Kier molecular flexibility index (Phi) is 4.03. The molecule has 1 atom stereocenters. The molecule has 3 nitrogen and oxygen atoms in total. The monoisotopic (exact) mass is 288 g/mol. The van der Waals surface area contributed by atoms with Gasteiger partial charge in [-0.05, 0) is 42.8 Å². The summed E-state index contributed by atoms with van der Waals surface area (Å²) in [4.78, 5) is 13.5. The van der Waals surface area contributed by atoms with Gasteiger partial charge in [-0.3, -0.25) is 4.79 Å². The van der Waals surface area contributed by atoms with Crippen molar-refractivity contribution in [3.8, 4) is 0 Å². The van der Waals surface area contributed by atoms with Crippen LogP contribution in [0.25, 0.3) is 0 Å². The van der Waals surface area contributed by atoms with Gasteiger partial charge in [0.25, 0.3) is 5.56 Å². The van der Waals surface area contributed by atoms with E-state index in [0.29, 0.717) is 12.6 Å². The molecule has 0 saturated heterocycles. The molecule has 20 heavy (non-hydrogen) atoms. The highest BCUT2D eigenvalue weighted by molar-refractivity contribution is 7.09. The molecule has 1 unspecified atom stereocenters. The van der Waals surface area contributed by atoms with Gasteiger partial charge in [-0.25, -0.2) is 0 Å². The highest BCUT2D eigenvalue weighted by atomic mass is 32.1. The molecule has 3 rings (SSSR count). The number of thiophene rings is 1. The van der Waals surface area contributed by atoms with Gasteiger partial charge in [0.05, 0.1) is 6.54 Å². The largest absolute Gasteiger partial charge is 0.310 e. The van der Waals surface area contributed by atoms with Crippen molar-refractivity contribution in [2.75, 3.05) is 6.54 Å². The van der Waals surface area contributed by atoms with Crippen molar-refractivity contribution in [3.63, 3.8) is 0 Å². The van der Waals surface area contributed by atoms with Crippen LogP contribution in [0.1, 0.15) is 41.9 Å². The fourth-order valence-corrected chi connectivity index (χ4v) is 3.74. The van der Waals surface area contributed by atoms with E-state index < -0.39 is 0 Å². The normalized spacial score (nSPS) is 17.9. The van der Waals surface area contributed by atoms with E-state index in [4.69, 9.17) is 0 Å². The molecule has 0 radical (unpaired) electrons. The quantitative estimate of drug-likeness (QED) is 0.938. The van der Waals surface area contributed by atoms with Crippen LogP contribution in [0.4, 0.5) is 0 Å². The van der Waals surface area contributed by atoms with E-state index >= 15 is 0 Å². The first-order chi connectivity index (χ1) is 9.79. The van der Waals surface area contributed by atoms with Gasteiger partial charge in [0, 0.05) is 22.7 Å². The molecule has 0 fully saturated rings. The van der Waals surface area contributed by atoms with Gasteiger partial charge in [-0.15, -0.1) is 11.3 Å². The van der Waals surface area contributed by atoms with Crippen molar-refractivity contribution in [3.05, 3.63) is 56.1 Å². The second kappa shape index (κ2) is 5.94. The molecule has 4 heteroatoms. The summed E-state index contributed by atoms with van der Waals surface area (Å²) >= 11 is 1.71. The third kappa shape index (κ3) is 2.58. The van der Waals surface area contributed by atoms with E-state index in [0.717, 1.165) is 25.8 Å². The number of hydrogen-bond donors (Lipinski definition) is 1. The molecule has 1 N–H and O–H groups in total. The maximum absolute atomic E-state index is 12.2. The van der Waals surface area contributed by atoms with E-state index in [2.05, 4.69) is 23.7 Å². The van der Waals surface area contributed by atoms with Crippen molar-refractivity contribution in [2.45, 2.75) is 38.8 Å².